The molecule has 1 fully saturated rings. The quantitative estimate of drug-likeness (QED) is 0.754. The second-order valence-corrected chi connectivity index (χ2v) is 8.06. The second kappa shape index (κ2) is 8.65. The third-order valence-electron chi connectivity index (χ3n) is 4.66. The van der Waals surface area contributed by atoms with Gasteiger partial charge in [0.15, 0.2) is 0 Å². The molecule has 1 saturated carbocycles. The third-order valence-corrected chi connectivity index (χ3v) is 5.10. The van der Waals surface area contributed by atoms with Crippen molar-refractivity contribution >= 4 is 33.6 Å². The molecule has 2 aromatic rings. The van der Waals surface area contributed by atoms with Gasteiger partial charge in [-0.15, -0.1) is 0 Å². The van der Waals surface area contributed by atoms with E-state index in [-0.39, 0.29) is 11.9 Å². The number of nitrogens with one attached hydrogen (secondary N) is 2. The monoisotopic (exact) mass is 432 g/mol. The molecule has 7 nitrogen and oxygen atoms in total. The van der Waals surface area contributed by atoms with Gasteiger partial charge in [-0.25, -0.2) is 4.98 Å². The van der Waals surface area contributed by atoms with Crippen LogP contribution in [0, 0.1) is 6.92 Å². The fourth-order valence-electron chi connectivity index (χ4n) is 3.22. The first-order valence-corrected chi connectivity index (χ1v) is 9.91. The van der Waals surface area contributed by atoms with E-state index in [1.807, 2.05) is 32.0 Å². The molecule has 0 spiro atoms. The first-order chi connectivity index (χ1) is 12.9. The van der Waals surface area contributed by atoms with Crippen molar-refractivity contribution in [3.63, 3.8) is 0 Å². The van der Waals surface area contributed by atoms with E-state index in [1.165, 1.54) is 0 Å². The number of halogens is 1. The van der Waals surface area contributed by atoms with Crippen molar-refractivity contribution in [2.75, 3.05) is 24.3 Å². The highest BCUT2D eigenvalue weighted by molar-refractivity contribution is 9.10. The lowest BCUT2D eigenvalue weighted by atomic mass is 9.91. The van der Waals surface area contributed by atoms with Gasteiger partial charge in [0.25, 0.3) is 5.91 Å². The van der Waals surface area contributed by atoms with Crippen LogP contribution in [0.5, 0.6) is 0 Å². The fourth-order valence-corrected chi connectivity index (χ4v) is 3.58. The Balaban J connectivity index is 1.53. The first-order valence-electron chi connectivity index (χ1n) is 9.11. The Morgan fingerprint density at radius 3 is 2.48 bits per heavy atom. The number of aryl methyl sites for hydroxylation is 1. The number of anilines is 2. The van der Waals surface area contributed by atoms with Gasteiger partial charge in [0.1, 0.15) is 5.82 Å². The normalized spacial score (nSPS) is 19.4. The van der Waals surface area contributed by atoms with Gasteiger partial charge >= 0.3 is 0 Å². The molecule has 0 aliphatic heterocycles. The SMILES string of the molecule is Cc1cc(N(C)C)nc(NC2CCC(NC(=O)c3cncc(Br)c3)CC2)n1. The maximum absolute atomic E-state index is 12.4. The molecule has 0 unspecified atom stereocenters. The number of amides is 1. The van der Waals surface area contributed by atoms with Gasteiger partial charge in [-0.1, -0.05) is 0 Å². The van der Waals surface area contributed by atoms with Crippen LogP contribution >= 0.6 is 15.9 Å². The minimum absolute atomic E-state index is 0.0714. The lowest BCUT2D eigenvalue weighted by Gasteiger charge is -2.30. The highest BCUT2D eigenvalue weighted by Gasteiger charge is 2.23. The maximum atomic E-state index is 12.4. The van der Waals surface area contributed by atoms with Crippen molar-refractivity contribution in [3.8, 4) is 0 Å². The topological polar surface area (TPSA) is 83.0 Å². The molecular weight excluding hydrogens is 408 g/mol. The van der Waals surface area contributed by atoms with Crippen LogP contribution in [-0.2, 0) is 0 Å². The largest absolute Gasteiger partial charge is 0.363 e. The van der Waals surface area contributed by atoms with E-state index in [2.05, 4.69) is 41.5 Å². The van der Waals surface area contributed by atoms with E-state index in [4.69, 9.17) is 0 Å². The van der Waals surface area contributed by atoms with E-state index in [0.717, 1.165) is 41.7 Å². The van der Waals surface area contributed by atoms with E-state index < -0.39 is 0 Å². The minimum atomic E-state index is -0.0714. The average Bonchev–Trinajstić information content (AvgIpc) is 2.63. The molecule has 2 N–H and O–H groups in total. The zero-order valence-electron chi connectivity index (χ0n) is 15.9. The molecule has 2 heterocycles. The summed E-state index contributed by atoms with van der Waals surface area (Å²) in [4.78, 5) is 27.4. The van der Waals surface area contributed by atoms with Gasteiger partial charge in [-0.2, -0.15) is 4.98 Å². The van der Waals surface area contributed by atoms with Gasteiger partial charge in [-0.3, -0.25) is 9.78 Å². The highest BCUT2D eigenvalue weighted by atomic mass is 79.9. The molecule has 1 aliphatic carbocycles. The van der Waals surface area contributed by atoms with E-state index in [0.29, 0.717) is 17.6 Å². The summed E-state index contributed by atoms with van der Waals surface area (Å²) in [5.74, 6) is 1.50. The van der Waals surface area contributed by atoms with Crippen molar-refractivity contribution in [2.24, 2.45) is 0 Å². The van der Waals surface area contributed by atoms with Crippen LogP contribution in [0.2, 0.25) is 0 Å². The number of pyridine rings is 1. The molecule has 0 bridgehead atoms. The van der Waals surface area contributed by atoms with Crippen LogP contribution < -0.4 is 15.5 Å². The van der Waals surface area contributed by atoms with Crippen LogP contribution in [0.3, 0.4) is 0 Å². The lowest BCUT2D eigenvalue weighted by molar-refractivity contribution is 0.0926. The van der Waals surface area contributed by atoms with Crippen LogP contribution in [-0.4, -0.2) is 47.0 Å². The third kappa shape index (κ3) is 5.38. The summed E-state index contributed by atoms with van der Waals surface area (Å²) in [7, 11) is 3.94. The van der Waals surface area contributed by atoms with Crippen molar-refractivity contribution in [1.82, 2.24) is 20.3 Å². The van der Waals surface area contributed by atoms with E-state index >= 15 is 0 Å². The number of nitrogens with zero attached hydrogens (tertiary/aromatic N) is 4. The fraction of sp³-hybridized carbons (Fsp3) is 0.474. The van der Waals surface area contributed by atoms with Crippen LogP contribution in [0.1, 0.15) is 41.7 Å². The molecule has 0 atom stereocenters. The number of aromatic nitrogens is 3. The zero-order valence-corrected chi connectivity index (χ0v) is 17.5. The smallest absolute Gasteiger partial charge is 0.253 e. The van der Waals surface area contributed by atoms with Crippen molar-refractivity contribution in [2.45, 2.75) is 44.7 Å². The number of hydrogen-bond donors (Lipinski definition) is 2. The molecule has 0 aromatic carbocycles. The Kier molecular flexibility index (Phi) is 6.26. The van der Waals surface area contributed by atoms with Crippen LogP contribution in [0.4, 0.5) is 11.8 Å². The summed E-state index contributed by atoms with van der Waals surface area (Å²) in [5.41, 5.74) is 1.52. The van der Waals surface area contributed by atoms with E-state index in [1.54, 1.807) is 18.5 Å². The molecule has 8 heteroatoms. The second-order valence-electron chi connectivity index (χ2n) is 7.14. The molecule has 1 aliphatic rings. The van der Waals surface area contributed by atoms with Crippen LogP contribution in [0.15, 0.2) is 29.0 Å². The zero-order chi connectivity index (χ0) is 19.4. The molecule has 0 radical (unpaired) electrons. The molecule has 3 rings (SSSR count). The van der Waals surface area contributed by atoms with Gasteiger partial charge in [-0.05, 0) is 54.6 Å². The average molecular weight is 433 g/mol. The predicted molar refractivity (Wildman–Crippen MR) is 110 cm³/mol. The molecule has 27 heavy (non-hydrogen) atoms. The summed E-state index contributed by atoms with van der Waals surface area (Å²) in [6, 6.07) is 4.26. The van der Waals surface area contributed by atoms with Gasteiger partial charge in [0.05, 0.1) is 5.56 Å². The molecule has 144 valence electrons. The molecule has 1 amide bonds. The van der Waals surface area contributed by atoms with Crippen LogP contribution in [0.25, 0.3) is 0 Å². The minimum Gasteiger partial charge on any atom is -0.363 e. The Morgan fingerprint density at radius 2 is 1.81 bits per heavy atom. The Hall–Kier alpha value is -2.22. The summed E-state index contributed by atoms with van der Waals surface area (Å²) < 4.78 is 0.804. The predicted octanol–water partition coefficient (Wildman–Crippen LogP) is 3.16. The standard InChI is InChI=1S/C19H25BrN6O/c1-12-8-17(26(2)3)25-19(22-12)24-16-6-4-15(5-7-16)23-18(27)13-9-14(20)11-21-10-13/h8-11,15-16H,4-7H2,1-3H3,(H,23,27)(H,22,24,25). The Labute approximate surface area is 168 Å². The van der Waals surface area contributed by atoms with Crippen molar-refractivity contribution in [1.29, 1.82) is 0 Å². The lowest BCUT2D eigenvalue weighted by Crippen LogP contribution is -2.40. The summed E-state index contributed by atoms with van der Waals surface area (Å²) in [6.07, 6.45) is 7.05. The number of hydrogen-bond acceptors (Lipinski definition) is 6. The van der Waals surface area contributed by atoms with E-state index in [9.17, 15) is 4.79 Å². The van der Waals surface area contributed by atoms with Gasteiger partial charge < -0.3 is 15.5 Å². The summed E-state index contributed by atoms with van der Waals surface area (Å²) in [6.45, 7) is 1.98. The number of rotatable bonds is 5. The summed E-state index contributed by atoms with van der Waals surface area (Å²) in [5, 5.41) is 6.57. The first kappa shape index (κ1) is 19.5. The number of carbonyl (C=O) groups is 1. The maximum Gasteiger partial charge on any atom is 0.253 e. The Bertz CT molecular complexity index is 805. The van der Waals surface area contributed by atoms with Gasteiger partial charge in [0, 0.05) is 54.8 Å². The molecular formula is C19H25BrN6O. The van der Waals surface area contributed by atoms with Gasteiger partial charge in [0.2, 0.25) is 5.95 Å². The number of carbonyl (C=O) groups excluding carboxylic acids is 1. The van der Waals surface area contributed by atoms with Crippen molar-refractivity contribution in [3.05, 3.63) is 40.3 Å². The highest BCUT2D eigenvalue weighted by Crippen LogP contribution is 2.22. The summed E-state index contributed by atoms with van der Waals surface area (Å²) >= 11 is 3.35. The van der Waals surface area contributed by atoms with Crippen molar-refractivity contribution < 1.29 is 4.79 Å². The Morgan fingerprint density at radius 1 is 1.11 bits per heavy atom. The molecule has 2 aromatic heterocycles. The molecule has 0 saturated heterocycles.